The lowest BCUT2D eigenvalue weighted by atomic mass is 10.1. The molecule has 0 spiro atoms. The lowest BCUT2D eigenvalue weighted by molar-refractivity contribution is 0.102. The van der Waals surface area contributed by atoms with Gasteiger partial charge in [-0.3, -0.25) is 15.2 Å². The van der Waals surface area contributed by atoms with E-state index in [4.69, 9.17) is 0 Å². The number of amides is 1. The molecule has 0 aliphatic carbocycles. The van der Waals surface area contributed by atoms with Crippen LogP contribution in [0.5, 0.6) is 0 Å². The molecule has 0 aliphatic heterocycles. The minimum absolute atomic E-state index is 0.251. The van der Waals surface area contributed by atoms with E-state index >= 15 is 0 Å². The van der Waals surface area contributed by atoms with Crippen molar-refractivity contribution < 1.29 is 4.79 Å². The Balaban J connectivity index is 1.51. The summed E-state index contributed by atoms with van der Waals surface area (Å²) in [6.07, 6.45) is 0. The van der Waals surface area contributed by atoms with Gasteiger partial charge in [-0.25, -0.2) is 4.98 Å². The molecular formula is C19H16N4OS2. The first-order chi connectivity index (χ1) is 12.6. The SMILES string of the molecule is Cc1cc(-c2csc(NC(=O)c3cc(-c4ccccc4)n[nH]3)n2)c(C)s1. The van der Waals surface area contributed by atoms with Crippen LogP contribution in [0.3, 0.4) is 0 Å². The Kier molecular flexibility index (Phi) is 4.40. The van der Waals surface area contributed by atoms with Gasteiger partial charge in [0.05, 0.1) is 11.4 Å². The highest BCUT2D eigenvalue weighted by Gasteiger charge is 2.15. The summed E-state index contributed by atoms with van der Waals surface area (Å²) in [4.78, 5) is 19.5. The second-order valence-electron chi connectivity index (χ2n) is 5.85. The molecule has 130 valence electrons. The van der Waals surface area contributed by atoms with Gasteiger partial charge in [0, 0.05) is 26.3 Å². The fourth-order valence-electron chi connectivity index (χ4n) is 2.70. The molecule has 26 heavy (non-hydrogen) atoms. The van der Waals surface area contributed by atoms with Crippen molar-refractivity contribution in [3.05, 3.63) is 63.3 Å². The molecule has 3 heterocycles. The number of hydrogen-bond donors (Lipinski definition) is 2. The van der Waals surface area contributed by atoms with Gasteiger partial charge in [0.1, 0.15) is 5.69 Å². The topological polar surface area (TPSA) is 70.7 Å². The van der Waals surface area contributed by atoms with E-state index in [-0.39, 0.29) is 5.91 Å². The number of aryl methyl sites for hydroxylation is 2. The minimum atomic E-state index is -0.251. The highest BCUT2D eigenvalue weighted by atomic mass is 32.1. The summed E-state index contributed by atoms with van der Waals surface area (Å²) >= 11 is 3.16. The largest absolute Gasteiger partial charge is 0.296 e. The van der Waals surface area contributed by atoms with Crippen molar-refractivity contribution >= 4 is 33.7 Å². The first kappa shape index (κ1) is 16.7. The summed E-state index contributed by atoms with van der Waals surface area (Å²) in [5, 5.41) is 12.4. The number of nitrogens with zero attached hydrogens (tertiary/aromatic N) is 2. The summed E-state index contributed by atoms with van der Waals surface area (Å²) in [6, 6.07) is 13.6. The number of nitrogens with one attached hydrogen (secondary N) is 2. The van der Waals surface area contributed by atoms with Crippen LogP contribution in [0, 0.1) is 13.8 Å². The molecule has 1 aromatic carbocycles. The summed E-state index contributed by atoms with van der Waals surface area (Å²) in [7, 11) is 0. The van der Waals surface area contributed by atoms with Crippen molar-refractivity contribution in [1.29, 1.82) is 0 Å². The van der Waals surface area contributed by atoms with E-state index in [0.29, 0.717) is 10.8 Å². The molecule has 0 saturated heterocycles. The lowest BCUT2D eigenvalue weighted by Crippen LogP contribution is -2.12. The van der Waals surface area contributed by atoms with Gasteiger partial charge >= 0.3 is 0 Å². The Morgan fingerprint density at radius 3 is 2.65 bits per heavy atom. The lowest BCUT2D eigenvalue weighted by Gasteiger charge is -1.98. The number of thiazole rings is 1. The van der Waals surface area contributed by atoms with Crippen molar-refractivity contribution in [3.8, 4) is 22.5 Å². The molecule has 0 bridgehead atoms. The molecule has 7 heteroatoms. The maximum absolute atomic E-state index is 12.5. The zero-order valence-corrected chi connectivity index (χ0v) is 15.9. The van der Waals surface area contributed by atoms with E-state index in [0.717, 1.165) is 22.5 Å². The predicted molar refractivity (Wildman–Crippen MR) is 107 cm³/mol. The fourth-order valence-corrected chi connectivity index (χ4v) is 4.34. The Labute approximate surface area is 158 Å². The van der Waals surface area contributed by atoms with Gasteiger partial charge < -0.3 is 0 Å². The zero-order valence-electron chi connectivity index (χ0n) is 14.2. The Bertz CT molecular complexity index is 1060. The van der Waals surface area contributed by atoms with Crippen molar-refractivity contribution in [2.24, 2.45) is 0 Å². The number of carbonyl (C=O) groups excluding carboxylic acids is 1. The second-order valence-corrected chi connectivity index (χ2v) is 8.17. The first-order valence-corrected chi connectivity index (χ1v) is 9.75. The molecule has 0 aliphatic rings. The number of H-pyrrole nitrogens is 1. The highest BCUT2D eigenvalue weighted by molar-refractivity contribution is 7.14. The Morgan fingerprint density at radius 2 is 1.92 bits per heavy atom. The Hall–Kier alpha value is -2.77. The van der Waals surface area contributed by atoms with Crippen LogP contribution in [0.15, 0.2) is 47.8 Å². The predicted octanol–water partition coefficient (Wildman–Crippen LogP) is 5.13. The number of thiophene rings is 1. The van der Waals surface area contributed by atoms with E-state index in [2.05, 4.69) is 40.4 Å². The third kappa shape index (κ3) is 3.31. The van der Waals surface area contributed by atoms with Gasteiger partial charge in [-0.05, 0) is 26.0 Å². The van der Waals surface area contributed by atoms with E-state index in [1.807, 2.05) is 35.7 Å². The summed E-state index contributed by atoms with van der Waals surface area (Å²) in [5.41, 5.74) is 4.12. The van der Waals surface area contributed by atoms with Crippen LogP contribution in [0.2, 0.25) is 0 Å². The third-order valence-electron chi connectivity index (χ3n) is 3.93. The minimum Gasteiger partial charge on any atom is -0.296 e. The quantitative estimate of drug-likeness (QED) is 0.515. The standard InChI is InChI=1S/C19H16N4OS2/c1-11-8-14(12(2)26-11)17-10-25-19(20-17)21-18(24)16-9-15(22-23-16)13-6-4-3-5-7-13/h3-10H,1-2H3,(H,22,23)(H,20,21,24). The average Bonchev–Trinajstić information content (AvgIpc) is 3.35. The molecule has 0 fully saturated rings. The monoisotopic (exact) mass is 380 g/mol. The van der Waals surface area contributed by atoms with Gasteiger partial charge in [0.15, 0.2) is 5.13 Å². The molecule has 3 aromatic heterocycles. The van der Waals surface area contributed by atoms with Gasteiger partial charge in [-0.15, -0.1) is 22.7 Å². The number of rotatable bonds is 4. The van der Waals surface area contributed by atoms with Crippen molar-refractivity contribution in [2.75, 3.05) is 5.32 Å². The molecule has 4 rings (SSSR count). The summed E-state index contributed by atoms with van der Waals surface area (Å²) in [5.74, 6) is -0.251. The number of hydrogen-bond acceptors (Lipinski definition) is 5. The van der Waals surface area contributed by atoms with Crippen LogP contribution in [-0.4, -0.2) is 21.1 Å². The van der Waals surface area contributed by atoms with E-state index in [1.165, 1.54) is 21.1 Å². The molecular weight excluding hydrogens is 364 g/mol. The first-order valence-electron chi connectivity index (χ1n) is 8.05. The van der Waals surface area contributed by atoms with Crippen LogP contribution in [-0.2, 0) is 0 Å². The second kappa shape index (κ2) is 6.86. The van der Waals surface area contributed by atoms with Gasteiger partial charge in [0.25, 0.3) is 5.91 Å². The van der Waals surface area contributed by atoms with Gasteiger partial charge in [0.2, 0.25) is 0 Å². The number of aromatic nitrogens is 3. The van der Waals surface area contributed by atoms with Crippen LogP contribution in [0.4, 0.5) is 5.13 Å². The molecule has 0 atom stereocenters. The average molecular weight is 380 g/mol. The number of aromatic amines is 1. The number of benzene rings is 1. The van der Waals surface area contributed by atoms with Crippen LogP contribution >= 0.6 is 22.7 Å². The van der Waals surface area contributed by atoms with Gasteiger partial charge in [-0.2, -0.15) is 5.10 Å². The highest BCUT2D eigenvalue weighted by Crippen LogP contribution is 2.32. The van der Waals surface area contributed by atoms with Crippen LogP contribution < -0.4 is 5.32 Å². The molecule has 0 saturated carbocycles. The van der Waals surface area contributed by atoms with E-state index in [9.17, 15) is 4.79 Å². The molecule has 2 N–H and O–H groups in total. The normalized spacial score (nSPS) is 10.8. The van der Waals surface area contributed by atoms with Gasteiger partial charge in [-0.1, -0.05) is 30.3 Å². The van der Waals surface area contributed by atoms with Crippen molar-refractivity contribution in [1.82, 2.24) is 15.2 Å². The van der Waals surface area contributed by atoms with Crippen LogP contribution in [0.25, 0.3) is 22.5 Å². The molecule has 0 unspecified atom stereocenters. The fraction of sp³-hybridized carbons (Fsp3) is 0.105. The summed E-state index contributed by atoms with van der Waals surface area (Å²) in [6.45, 7) is 4.17. The molecule has 4 aromatic rings. The summed E-state index contributed by atoms with van der Waals surface area (Å²) < 4.78 is 0. The van der Waals surface area contributed by atoms with Crippen molar-refractivity contribution in [2.45, 2.75) is 13.8 Å². The van der Waals surface area contributed by atoms with Crippen molar-refractivity contribution in [3.63, 3.8) is 0 Å². The number of carbonyl (C=O) groups is 1. The smallest absolute Gasteiger partial charge is 0.275 e. The Morgan fingerprint density at radius 1 is 1.12 bits per heavy atom. The van der Waals surface area contributed by atoms with E-state index in [1.54, 1.807) is 17.4 Å². The van der Waals surface area contributed by atoms with Crippen LogP contribution in [0.1, 0.15) is 20.2 Å². The molecule has 0 radical (unpaired) electrons. The molecule has 1 amide bonds. The zero-order chi connectivity index (χ0) is 18.1. The molecule has 5 nitrogen and oxygen atoms in total. The number of anilines is 1. The third-order valence-corrected chi connectivity index (χ3v) is 5.66. The maximum Gasteiger partial charge on any atom is 0.275 e. The van der Waals surface area contributed by atoms with E-state index < -0.39 is 0 Å². The maximum atomic E-state index is 12.5.